The normalized spacial score (nSPS) is 26.9. The van der Waals surface area contributed by atoms with Gasteiger partial charge in [0.25, 0.3) is 0 Å². The summed E-state index contributed by atoms with van der Waals surface area (Å²) in [5.74, 6) is 0.226. The van der Waals surface area contributed by atoms with E-state index in [2.05, 4.69) is 9.80 Å². The molecule has 6 nitrogen and oxygen atoms in total. The predicted octanol–water partition coefficient (Wildman–Crippen LogP) is 0.0177. The molecule has 1 aromatic rings. The van der Waals surface area contributed by atoms with Crippen LogP contribution in [0, 0.1) is 0 Å². The topological polar surface area (TPSA) is 83.7 Å². The molecule has 3 rings (SSSR count). The van der Waals surface area contributed by atoms with Crippen molar-refractivity contribution in [2.24, 2.45) is 5.73 Å². The maximum Gasteiger partial charge on any atom is 0.239 e. The van der Waals surface area contributed by atoms with Crippen LogP contribution in [0.3, 0.4) is 0 Å². The fourth-order valence-electron chi connectivity index (χ4n) is 3.61. The van der Waals surface area contributed by atoms with Crippen molar-refractivity contribution in [2.75, 3.05) is 37.7 Å². The van der Waals surface area contributed by atoms with Crippen molar-refractivity contribution in [1.82, 2.24) is 9.80 Å². The maximum absolute atomic E-state index is 11.9. The first kappa shape index (κ1) is 16.4. The largest absolute Gasteiger partial charge is 0.368 e. The molecule has 0 radical (unpaired) electrons. The molecule has 23 heavy (non-hydrogen) atoms. The number of hydrogen-bond donors (Lipinski definition) is 1. The second-order valence-corrected chi connectivity index (χ2v) is 8.57. The van der Waals surface area contributed by atoms with Crippen LogP contribution in [0.25, 0.3) is 0 Å². The molecule has 1 aromatic carbocycles. The van der Waals surface area contributed by atoms with Crippen molar-refractivity contribution >= 4 is 15.7 Å². The summed E-state index contributed by atoms with van der Waals surface area (Å²) in [5.41, 5.74) is 6.53. The number of nitrogens with two attached hydrogens (primary N) is 1. The number of sulfone groups is 1. The molecule has 2 N–H and O–H groups in total. The average Bonchev–Trinajstić information content (AvgIpc) is 2.89. The Labute approximate surface area is 137 Å². The van der Waals surface area contributed by atoms with Crippen molar-refractivity contribution in [3.05, 3.63) is 35.9 Å². The Morgan fingerprint density at radius 1 is 1.13 bits per heavy atom. The highest BCUT2D eigenvalue weighted by Crippen LogP contribution is 2.24. The molecule has 0 spiro atoms. The Morgan fingerprint density at radius 3 is 2.30 bits per heavy atom. The molecule has 2 saturated heterocycles. The lowest BCUT2D eigenvalue weighted by atomic mass is 10.0. The molecule has 2 heterocycles. The highest BCUT2D eigenvalue weighted by Gasteiger charge is 2.35. The minimum Gasteiger partial charge on any atom is -0.368 e. The van der Waals surface area contributed by atoms with Gasteiger partial charge < -0.3 is 5.73 Å². The van der Waals surface area contributed by atoms with Gasteiger partial charge in [0.1, 0.15) is 6.04 Å². The molecule has 2 aliphatic rings. The van der Waals surface area contributed by atoms with Gasteiger partial charge in [-0.3, -0.25) is 14.6 Å². The van der Waals surface area contributed by atoms with Crippen LogP contribution in [-0.2, 0) is 14.6 Å². The van der Waals surface area contributed by atoms with Crippen molar-refractivity contribution in [3.63, 3.8) is 0 Å². The van der Waals surface area contributed by atoms with Crippen LogP contribution < -0.4 is 5.73 Å². The molecule has 0 aliphatic carbocycles. The monoisotopic (exact) mass is 337 g/mol. The van der Waals surface area contributed by atoms with Crippen molar-refractivity contribution in [2.45, 2.75) is 18.5 Å². The van der Waals surface area contributed by atoms with Gasteiger partial charge in [-0.1, -0.05) is 30.3 Å². The second-order valence-electron chi connectivity index (χ2n) is 6.34. The van der Waals surface area contributed by atoms with Gasteiger partial charge in [-0.15, -0.1) is 0 Å². The Balaban J connectivity index is 1.64. The number of primary amides is 1. The molecule has 7 heteroatoms. The SMILES string of the molecule is NC(=O)[C@H](c1ccccc1)N1CCN([C@H]2CCS(=O)(=O)C2)CC1. The van der Waals surface area contributed by atoms with E-state index in [0.717, 1.165) is 38.2 Å². The number of amides is 1. The van der Waals surface area contributed by atoms with Gasteiger partial charge in [-0.2, -0.15) is 0 Å². The number of hydrogen-bond acceptors (Lipinski definition) is 5. The highest BCUT2D eigenvalue weighted by molar-refractivity contribution is 7.91. The van der Waals surface area contributed by atoms with E-state index in [0.29, 0.717) is 5.75 Å². The Morgan fingerprint density at radius 2 is 1.78 bits per heavy atom. The summed E-state index contributed by atoms with van der Waals surface area (Å²) in [7, 11) is -2.86. The lowest BCUT2D eigenvalue weighted by Gasteiger charge is -2.40. The molecular formula is C16H23N3O3S. The molecule has 1 amide bonds. The molecule has 2 fully saturated rings. The van der Waals surface area contributed by atoms with E-state index in [1.165, 1.54) is 0 Å². The number of benzene rings is 1. The summed E-state index contributed by atoms with van der Waals surface area (Å²) >= 11 is 0. The number of carbonyl (C=O) groups excluding carboxylic acids is 1. The summed E-state index contributed by atoms with van der Waals surface area (Å²) in [4.78, 5) is 16.2. The molecule has 2 atom stereocenters. The minimum atomic E-state index is -2.86. The summed E-state index contributed by atoms with van der Waals surface area (Å²) in [6, 6.07) is 9.29. The van der Waals surface area contributed by atoms with Crippen LogP contribution in [0.5, 0.6) is 0 Å². The summed E-state index contributed by atoms with van der Waals surface area (Å²) in [6.07, 6.45) is 0.722. The minimum absolute atomic E-state index is 0.130. The summed E-state index contributed by atoms with van der Waals surface area (Å²) in [6.45, 7) is 2.99. The Kier molecular flexibility index (Phi) is 4.70. The quantitative estimate of drug-likeness (QED) is 0.837. The zero-order chi connectivity index (χ0) is 16.4. The van der Waals surface area contributed by atoms with Crippen LogP contribution in [0.2, 0.25) is 0 Å². The number of carbonyl (C=O) groups is 1. The average molecular weight is 337 g/mol. The van der Waals surface area contributed by atoms with Crippen LogP contribution in [0.4, 0.5) is 0 Å². The maximum atomic E-state index is 11.9. The molecule has 126 valence electrons. The van der Waals surface area contributed by atoms with Crippen LogP contribution in [0.15, 0.2) is 30.3 Å². The van der Waals surface area contributed by atoms with Crippen LogP contribution in [-0.4, -0.2) is 67.9 Å². The van der Waals surface area contributed by atoms with Gasteiger partial charge in [-0.05, 0) is 12.0 Å². The van der Waals surface area contributed by atoms with E-state index in [1.54, 1.807) is 0 Å². The van der Waals surface area contributed by atoms with Gasteiger partial charge >= 0.3 is 0 Å². The summed E-state index contributed by atoms with van der Waals surface area (Å²) < 4.78 is 23.3. The molecule has 0 aromatic heterocycles. The fraction of sp³-hybridized carbons (Fsp3) is 0.562. The van der Waals surface area contributed by atoms with Gasteiger partial charge in [0.05, 0.1) is 11.5 Å². The molecule has 0 unspecified atom stereocenters. The smallest absolute Gasteiger partial charge is 0.239 e. The third-order valence-corrected chi connectivity index (χ3v) is 6.57. The Hall–Kier alpha value is -1.44. The first-order valence-electron chi connectivity index (χ1n) is 7.99. The number of piperazine rings is 1. The van der Waals surface area contributed by atoms with E-state index in [-0.39, 0.29) is 17.7 Å². The lowest BCUT2D eigenvalue weighted by molar-refractivity contribution is -0.124. The van der Waals surface area contributed by atoms with E-state index in [9.17, 15) is 13.2 Å². The molecule has 0 bridgehead atoms. The highest BCUT2D eigenvalue weighted by atomic mass is 32.2. The van der Waals surface area contributed by atoms with Crippen LogP contribution in [0.1, 0.15) is 18.0 Å². The van der Waals surface area contributed by atoms with Crippen molar-refractivity contribution in [1.29, 1.82) is 0 Å². The van der Waals surface area contributed by atoms with Gasteiger partial charge in [0.2, 0.25) is 5.91 Å². The van der Waals surface area contributed by atoms with E-state index < -0.39 is 15.9 Å². The molecule has 2 aliphatic heterocycles. The lowest BCUT2D eigenvalue weighted by Crippen LogP contribution is -2.53. The molecule has 0 saturated carbocycles. The number of nitrogens with zero attached hydrogens (tertiary/aromatic N) is 2. The first-order valence-corrected chi connectivity index (χ1v) is 9.81. The third-order valence-electron chi connectivity index (χ3n) is 4.82. The third kappa shape index (κ3) is 3.73. The van der Waals surface area contributed by atoms with Gasteiger partial charge in [0, 0.05) is 32.2 Å². The zero-order valence-electron chi connectivity index (χ0n) is 13.1. The van der Waals surface area contributed by atoms with Gasteiger partial charge in [-0.25, -0.2) is 8.42 Å². The van der Waals surface area contributed by atoms with E-state index in [4.69, 9.17) is 5.73 Å². The zero-order valence-corrected chi connectivity index (χ0v) is 13.9. The number of rotatable bonds is 4. The van der Waals surface area contributed by atoms with E-state index >= 15 is 0 Å². The Bertz CT molecular complexity index is 654. The standard InChI is InChI=1S/C16H23N3O3S/c17-16(20)15(13-4-2-1-3-5-13)19-9-7-18(8-10-19)14-6-11-23(21,22)12-14/h1-5,14-15H,6-12H2,(H2,17,20)/t14-,15-/m0/s1. The van der Waals surface area contributed by atoms with Crippen molar-refractivity contribution < 1.29 is 13.2 Å². The van der Waals surface area contributed by atoms with Crippen LogP contribution >= 0.6 is 0 Å². The molecular weight excluding hydrogens is 314 g/mol. The first-order chi connectivity index (χ1) is 11.0. The fourth-order valence-corrected chi connectivity index (χ4v) is 5.38. The summed E-state index contributed by atoms with van der Waals surface area (Å²) in [5, 5.41) is 0. The van der Waals surface area contributed by atoms with Gasteiger partial charge in [0.15, 0.2) is 9.84 Å². The van der Waals surface area contributed by atoms with E-state index in [1.807, 2.05) is 30.3 Å². The van der Waals surface area contributed by atoms with Crippen molar-refractivity contribution in [3.8, 4) is 0 Å². The second kappa shape index (κ2) is 6.59. The predicted molar refractivity (Wildman–Crippen MR) is 88.6 cm³/mol.